The molecule has 0 aromatic heterocycles. The molecule has 0 radical (unpaired) electrons. The maximum atomic E-state index is 12.8. The van der Waals surface area contributed by atoms with Gasteiger partial charge in [0.2, 0.25) is 0 Å². The van der Waals surface area contributed by atoms with Crippen LogP contribution in [0, 0.1) is 20.8 Å². The fourth-order valence-corrected chi connectivity index (χ4v) is 4.68. The molecule has 0 fully saturated rings. The summed E-state index contributed by atoms with van der Waals surface area (Å²) in [6.45, 7) is 8.45. The number of hydrogen-bond donors (Lipinski definition) is 4. The van der Waals surface area contributed by atoms with Crippen LogP contribution in [-0.4, -0.2) is 24.0 Å². The van der Waals surface area contributed by atoms with Gasteiger partial charge in [0, 0.05) is 17.9 Å². The van der Waals surface area contributed by atoms with Gasteiger partial charge in [0.1, 0.15) is 0 Å². The minimum absolute atomic E-state index is 0.169. The van der Waals surface area contributed by atoms with E-state index in [0.29, 0.717) is 11.4 Å². The van der Waals surface area contributed by atoms with Crippen molar-refractivity contribution < 1.29 is 9.59 Å². The zero-order chi connectivity index (χ0) is 22.4. The molecule has 6 nitrogen and oxygen atoms in total. The highest BCUT2D eigenvalue weighted by Gasteiger charge is 2.28. The Morgan fingerprint density at radius 1 is 1.03 bits per heavy atom. The van der Waals surface area contributed by atoms with Crippen molar-refractivity contribution in [2.24, 2.45) is 0 Å². The lowest BCUT2D eigenvalue weighted by Crippen LogP contribution is -2.45. The first-order valence-electron chi connectivity index (χ1n) is 10.4. The molecule has 1 heterocycles. The van der Waals surface area contributed by atoms with E-state index in [9.17, 15) is 9.59 Å². The summed E-state index contributed by atoms with van der Waals surface area (Å²) in [6.07, 6.45) is 1.78. The molecule has 7 heteroatoms. The van der Waals surface area contributed by atoms with Crippen molar-refractivity contribution in [2.45, 2.75) is 46.0 Å². The van der Waals surface area contributed by atoms with Crippen LogP contribution in [0.4, 0.5) is 10.5 Å². The molecule has 3 amide bonds. The summed E-state index contributed by atoms with van der Waals surface area (Å²) in [5.41, 5.74) is 5.69. The van der Waals surface area contributed by atoms with E-state index in [1.54, 1.807) is 0 Å². The van der Waals surface area contributed by atoms with Crippen molar-refractivity contribution in [3.05, 3.63) is 75.3 Å². The number of hydrogen-bond acceptors (Lipinski definition) is 4. The van der Waals surface area contributed by atoms with Crippen LogP contribution in [0.2, 0.25) is 0 Å². The second-order valence-corrected chi connectivity index (χ2v) is 8.93. The molecule has 1 unspecified atom stereocenters. The van der Waals surface area contributed by atoms with Gasteiger partial charge in [-0.05, 0) is 57.2 Å². The molecule has 164 valence electrons. The minimum atomic E-state index is -0.380. The number of carbonyl (C=O) groups is 2. The summed E-state index contributed by atoms with van der Waals surface area (Å²) < 4.78 is 0. The molecular formula is C24H30N4O2S. The number of urea groups is 1. The van der Waals surface area contributed by atoms with Gasteiger partial charge in [0.15, 0.2) is 5.50 Å². The normalized spacial score (nSPS) is 15.4. The quantitative estimate of drug-likeness (QED) is 0.485. The van der Waals surface area contributed by atoms with Crippen molar-refractivity contribution in [2.75, 3.05) is 11.9 Å². The van der Waals surface area contributed by atoms with Crippen LogP contribution in [0.15, 0.2) is 53.1 Å². The molecular weight excluding hydrogens is 408 g/mol. The number of benzene rings is 2. The topological polar surface area (TPSA) is 82.3 Å². The summed E-state index contributed by atoms with van der Waals surface area (Å²) in [5.74, 6) is -0.169. The fraction of sp³-hybridized carbons (Fsp3) is 0.333. The zero-order valence-electron chi connectivity index (χ0n) is 18.5. The number of carbonyl (C=O) groups excluding carboxylic acids is 2. The smallest absolute Gasteiger partial charge is 0.317 e. The number of nitrogens with one attached hydrogen (secondary N) is 4. The Morgan fingerprint density at radius 2 is 1.71 bits per heavy atom. The lowest BCUT2D eigenvalue weighted by atomic mass is 10.1. The third-order valence-corrected chi connectivity index (χ3v) is 6.28. The van der Waals surface area contributed by atoms with E-state index in [1.165, 1.54) is 22.9 Å². The van der Waals surface area contributed by atoms with Gasteiger partial charge >= 0.3 is 6.03 Å². The molecule has 1 aliphatic rings. The number of thioether (sulfide) groups is 1. The Balaban J connectivity index is 1.45. The number of allylic oxidation sites excluding steroid dienone is 1. The summed E-state index contributed by atoms with van der Waals surface area (Å²) in [6, 6.07) is 14.0. The Labute approximate surface area is 188 Å². The lowest BCUT2D eigenvalue weighted by molar-refractivity contribution is -0.112. The van der Waals surface area contributed by atoms with Crippen LogP contribution in [0.25, 0.3) is 0 Å². The SMILES string of the molecule is CC1=C(C(=O)Nc2c(C)cc(C)cc2C)SC(NC(=O)NCCCc2ccccc2)N1. The molecule has 0 aliphatic carbocycles. The molecule has 1 atom stereocenters. The zero-order valence-corrected chi connectivity index (χ0v) is 19.3. The standard InChI is InChI=1S/C24H30N4O2S/c1-15-13-16(2)20(17(3)14-15)27-22(29)21-18(4)26-24(31-21)28-23(30)25-12-8-11-19-9-6-5-7-10-19/h5-7,9-10,13-14,24,26H,8,11-12H2,1-4H3,(H,27,29)(H2,25,28,30). The maximum Gasteiger partial charge on any atom is 0.317 e. The first-order valence-corrected chi connectivity index (χ1v) is 11.3. The molecule has 4 N–H and O–H groups in total. The van der Waals surface area contributed by atoms with Gasteiger partial charge in [-0.2, -0.15) is 0 Å². The first kappa shape index (κ1) is 22.7. The number of anilines is 1. The molecule has 0 saturated heterocycles. The van der Waals surface area contributed by atoms with Gasteiger partial charge in [-0.3, -0.25) is 4.79 Å². The summed E-state index contributed by atoms with van der Waals surface area (Å²) >= 11 is 1.31. The minimum Gasteiger partial charge on any atom is -0.359 e. The highest BCUT2D eigenvalue weighted by Crippen LogP contribution is 2.31. The monoisotopic (exact) mass is 438 g/mol. The summed E-state index contributed by atoms with van der Waals surface area (Å²) in [5, 5.41) is 11.9. The lowest BCUT2D eigenvalue weighted by Gasteiger charge is -2.15. The molecule has 31 heavy (non-hydrogen) atoms. The van der Waals surface area contributed by atoms with Gasteiger partial charge < -0.3 is 21.3 Å². The highest BCUT2D eigenvalue weighted by atomic mass is 32.2. The van der Waals surface area contributed by atoms with E-state index in [2.05, 4.69) is 45.5 Å². The first-order chi connectivity index (χ1) is 14.8. The van der Waals surface area contributed by atoms with Crippen LogP contribution >= 0.6 is 11.8 Å². The van der Waals surface area contributed by atoms with Gasteiger partial charge in [-0.15, -0.1) is 0 Å². The van der Waals surface area contributed by atoms with Crippen molar-refractivity contribution >= 4 is 29.4 Å². The van der Waals surface area contributed by atoms with E-state index in [-0.39, 0.29) is 17.4 Å². The average Bonchev–Trinajstić information content (AvgIpc) is 3.08. The fourth-order valence-electron chi connectivity index (χ4n) is 3.64. The second kappa shape index (κ2) is 10.4. The van der Waals surface area contributed by atoms with Gasteiger partial charge in [-0.25, -0.2) is 4.79 Å². The third kappa shape index (κ3) is 6.28. The van der Waals surface area contributed by atoms with Crippen molar-refractivity contribution in [3.63, 3.8) is 0 Å². The van der Waals surface area contributed by atoms with Crippen LogP contribution in [0.3, 0.4) is 0 Å². The molecule has 2 aromatic rings. The van der Waals surface area contributed by atoms with Crippen molar-refractivity contribution in [1.82, 2.24) is 16.0 Å². The molecule has 2 aromatic carbocycles. The Bertz CT molecular complexity index is 965. The van der Waals surface area contributed by atoms with Crippen LogP contribution in [0.1, 0.15) is 35.6 Å². The Morgan fingerprint density at radius 3 is 2.39 bits per heavy atom. The molecule has 0 bridgehead atoms. The average molecular weight is 439 g/mol. The van der Waals surface area contributed by atoms with Crippen molar-refractivity contribution in [1.29, 1.82) is 0 Å². The second-order valence-electron chi connectivity index (χ2n) is 7.81. The Kier molecular flexibility index (Phi) is 7.63. The molecule has 0 spiro atoms. The van der Waals surface area contributed by atoms with E-state index < -0.39 is 0 Å². The molecule has 3 rings (SSSR count). The molecule has 1 aliphatic heterocycles. The van der Waals surface area contributed by atoms with E-state index in [0.717, 1.165) is 35.4 Å². The van der Waals surface area contributed by atoms with Crippen molar-refractivity contribution in [3.8, 4) is 0 Å². The number of rotatable bonds is 7. The van der Waals surface area contributed by atoms with Gasteiger partial charge in [-0.1, -0.05) is 59.8 Å². The van der Waals surface area contributed by atoms with E-state index in [1.807, 2.05) is 45.9 Å². The van der Waals surface area contributed by atoms with Gasteiger partial charge in [0.25, 0.3) is 5.91 Å². The number of aryl methyl sites for hydroxylation is 4. The van der Waals surface area contributed by atoms with E-state index in [4.69, 9.17) is 0 Å². The Hall–Kier alpha value is -2.93. The van der Waals surface area contributed by atoms with Gasteiger partial charge in [0.05, 0.1) is 4.91 Å². The number of amides is 3. The predicted octanol–water partition coefficient (Wildman–Crippen LogP) is 4.33. The van der Waals surface area contributed by atoms with E-state index >= 15 is 0 Å². The predicted molar refractivity (Wildman–Crippen MR) is 128 cm³/mol. The highest BCUT2D eigenvalue weighted by molar-refractivity contribution is 8.04. The molecule has 0 saturated carbocycles. The summed E-state index contributed by atoms with van der Waals surface area (Å²) in [7, 11) is 0. The summed E-state index contributed by atoms with van der Waals surface area (Å²) in [4.78, 5) is 25.6. The third-order valence-electron chi connectivity index (χ3n) is 5.08. The van der Waals surface area contributed by atoms with Crippen LogP contribution < -0.4 is 21.3 Å². The van der Waals surface area contributed by atoms with Crippen LogP contribution in [-0.2, 0) is 11.2 Å². The van der Waals surface area contributed by atoms with Crippen LogP contribution in [0.5, 0.6) is 0 Å². The largest absolute Gasteiger partial charge is 0.359 e. The maximum absolute atomic E-state index is 12.8.